The van der Waals surface area contributed by atoms with Crippen LogP contribution in [0.25, 0.3) is 11.5 Å². The lowest BCUT2D eigenvalue weighted by atomic mass is 10.2. The van der Waals surface area contributed by atoms with Gasteiger partial charge in [0.2, 0.25) is 11.8 Å². The molecule has 0 N–H and O–H groups in total. The number of nitrogens with zero attached hydrogens (tertiary/aromatic N) is 3. The first-order valence-corrected chi connectivity index (χ1v) is 9.78. The van der Waals surface area contributed by atoms with Crippen LogP contribution in [0, 0.1) is 0 Å². The van der Waals surface area contributed by atoms with Gasteiger partial charge >= 0.3 is 0 Å². The molecule has 0 aliphatic rings. The second-order valence-corrected chi connectivity index (χ2v) is 8.23. The van der Waals surface area contributed by atoms with Crippen LogP contribution in [-0.2, 0) is 11.3 Å². The first-order chi connectivity index (χ1) is 12.0. The van der Waals surface area contributed by atoms with Gasteiger partial charge in [-0.1, -0.05) is 47.1 Å². The number of carbonyl (C=O) groups is 1. The number of thiophene rings is 1. The van der Waals surface area contributed by atoms with E-state index in [2.05, 4.69) is 10.2 Å². The maximum atomic E-state index is 12.2. The van der Waals surface area contributed by atoms with Crippen molar-refractivity contribution in [2.24, 2.45) is 0 Å². The van der Waals surface area contributed by atoms with Crippen molar-refractivity contribution in [3.8, 4) is 11.5 Å². The van der Waals surface area contributed by atoms with Gasteiger partial charge in [0.15, 0.2) is 0 Å². The van der Waals surface area contributed by atoms with Crippen molar-refractivity contribution in [3.63, 3.8) is 0 Å². The smallest absolute Gasteiger partial charge is 0.277 e. The van der Waals surface area contributed by atoms with E-state index in [1.165, 1.54) is 23.1 Å². The van der Waals surface area contributed by atoms with Crippen molar-refractivity contribution in [3.05, 3.63) is 50.6 Å². The van der Waals surface area contributed by atoms with Gasteiger partial charge in [-0.3, -0.25) is 4.79 Å². The third-order valence-corrected chi connectivity index (χ3v) is 5.63. The standard InChI is InChI=1S/C16H13Cl2N3O2S2/c1-21(8-10-6-7-13(18)25-10)14(22)9-24-16-20-19-15(23-16)11-4-2-3-5-12(11)17/h2-7H,8-9H2,1H3. The molecule has 9 heteroatoms. The highest BCUT2D eigenvalue weighted by Gasteiger charge is 2.15. The molecule has 0 unspecified atom stereocenters. The van der Waals surface area contributed by atoms with Crippen molar-refractivity contribution >= 4 is 52.2 Å². The summed E-state index contributed by atoms with van der Waals surface area (Å²) in [4.78, 5) is 14.9. The van der Waals surface area contributed by atoms with Gasteiger partial charge in [-0.2, -0.15) is 0 Å². The first-order valence-electron chi connectivity index (χ1n) is 7.22. The van der Waals surface area contributed by atoms with Crippen LogP contribution in [0.4, 0.5) is 0 Å². The van der Waals surface area contributed by atoms with Crippen LogP contribution in [0.15, 0.2) is 46.0 Å². The summed E-state index contributed by atoms with van der Waals surface area (Å²) in [6.07, 6.45) is 0. The third-order valence-electron chi connectivity index (χ3n) is 3.28. The van der Waals surface area contributed by atoms with Crippen LogP contribution in [0.5, 0.6) is 0 Å². The van der Waals surface area contributed by atoms with Crippen molar-refractivity contribution in [2.45, 2.75) is 11.8 Å². The molecular formula is C16H13Cl2N3O2S2. The largest absolute Gasteiger partial charge is 0.411 e. The molecule has 3 rings (SSSR count). The molecule has 3 aromatic rings. The Balaban J connectivity index is 1.56. The molecule has 0 radical (unpaired) electrons. The fraction of sp³-hybridized carbons (Fsp3) is 0.188. The number of carbonyl (C=O) groups excluding carboxylic acids is 1. The zero-order valence-electron chi connectivity index (χ0n) is 13.1. The Morgan fingerprint density at radius 3 is 2.76 bits per heavy atom. The fourth-order valence-electron chi connectivity index (χ4n) is 2.00. The summed E-state index contributed by atoms with van der Waals surface area (Å²) in [6, 6.07) is 11.0. The van der Waals surface area contributed by atoms with Gasteiger partial charge in [0.1, 0.15) is 0 Å². The number of hydrogen-bond acceptors (Lipinski definition) is 6. The van der Waals surface area contributed by atoms with Crippen LogP contribution in [0.1, 0.15) is 4.88 Å². The third kappa shape index (κ3) is 4.76. The first kappa shape index (κ1) is 18.3. The highest BCUT2D eigenvalue weighted by atomic mass is 35.5. The van der Waals surface area contributed by atoms with Gasteiger partial charge in [0, 0.05) is 11.9 Å². The molecule has 130 valence electrons. The summed E-state index contributed by atoms with van der Waals surface area (Å²) in [7, 11) is 1.75. The van der Waals surface area contributed by atoms with E-state index in [0.717, 1.165) is 4.88 Å². The lowest BCUT2D eigenvalue weighted by molar-refractivity contribution is -0.127. The van der Waals surface area contributed by atoms with Gasteiger partial charge in [-0.15, -0.1) is 21.5 Å². The van der Waals surface area contributed by atoms with E-state index in [9.17, 15) is 4.79 Å². The molecule has 0 aliphatic carbocycles. The maximum absolute atomic E-state index is 12.2. The van der Waals surface area contributed by atoms with E-state index in [0.29, 0.717) is 32.6 Å². The molecule has 1 aromatic carbocycles. The zero-order chi connectivity index (χ0) is 17.8. The van der Waals surface area contributed by atoms with Gasteiger partial charge in [-0.05, 0) is 24.3 Å². The minimum absolute atomic E-state index is 0.0352. The Hall–Kier alpha value is -1.54. The summed E-state index contributed by atoms with van der Waals surface area (Å²) < 4.78 is 6.28. The van der Waals surface area contributed by atoms with E-state index in [-0.39, 0.29) is 11.7 Å². The fourth-order valence-corrected chi connectivity index (χ4v) is 4.07. The topological polar surface area (TPSA) is 59.2 Å². The number of hydrogen-bond donors (Lipinski definition) is 0. The monoisotopic (exact) mass is 413 g/mol. The number of benzene rings is 1. The van der Waals surface area contributed by atoms with Crippen molar-refractivity contribution in [2.75, 3.05) is 12.8 Å². The van der Waals surface area contributed by atoms with E-state index in [1.54, 1.807) is 24.1 Å². The van der Waals surface area contributed by atoms with Crippen molar-refractivity contribution in [1.29, 1.82) is 0 Å². The Labute approximate surface area is 162 Å². The highest BCUT2D eigenvalue weighted by molar-refractivity contribution is 7.99. The van der Waals surface area contributed by atoms with Crippen LogP contribution >= 0.6 is 46.3 Å². The predicted octanol–water partition coefficient (Wildman–Crippen LogP) is 4.86. The number of aromatic nitrogens is 2. The van der Waals surface area contributed by atoms with E-state index < -0.39 is 0 Å². The molecule has 0 bridgehead atoms. The summed E-state index contributed by atoms with van der Waals surface area (Å²) in [5, 5.41) is 8.80. The Bertz CT molecular complexity index is 882. The Kier molecular flexibility index (Phi) is 6.01. The average Bonchev–Trinajstić information content (AvgIpc) is 3.22. The molecule has 0 saturated carbocycles. The summed E-state index contributed by atoms with van der Waals surface area (Å²) in [5.74, 6) is 0.508. The maximum Gasteiger partial charge on any atom is 0.277 e. The lowest BCUT2D eigenvalue weighted by Gasteiger charge is -2.15. The molecule has 0 saturated heterocycles. The molecule has 5 nitrogen and oxygen atoms in total. The molecular weight excluding hydrogens is 401 g/mol. The Morgan fingerprint density at radius 1 is 1.24 bits per heavy atom. The number of rotatable bonds is 6. The molecule has 1 amide bonds. The summed E-state index contributed by atoms with van der Waals surface area (Å²) >= 11 is 14.7. The second-order valence-electron chi connectivity index (χ2n) is 5.10. The minimum Gasteiger partial charge on any atom is -0.411 e. The van der Waals surface area contributed by atoms with Crippen molar-refractivity contribution in [1.82, 2.24) is 15.1 Å². The summed E-state index contributed by atoms with van der Waals surface area (Å²) in [5.41, 5.74) is 0.668. The van der Waals surface area contributed by atoms with Crippen LogP contribution < -0.4 is 0 Å². The average molecular weight is 414 g/mol. The van der Waals surface area contributed by atoms with Gasteiger partial charge in [0.25, 0.3) is 5.22 Å². The number of halogens is 2. The highest BCUT2D eigenvalue weighted by Crippen LogP contribution is 2.29. The summed E-state index contributed by atoms with van der Waals surface area (Å²) in [6.45, 7) is 0.519. The molecule has 2 aromatic heterocycles. The number of amides is 1. The van der Waals surface area contributed by atoms with Crippen LogP contribution in [0.3, 0.4) is 0 Å². The number of thioether (sulfide) groups is 1. The molecule has 0 spiro atoms. The predicted molar refractivity (Wildman–Crippen MR) is 101 cm³/mol. The second kappa shape index (κ2) is 8.23. The molecule has 2 heterocycles. The van der Waals surface area contributed by atoms with Gasteiger partial charge in [0.05, 0.1) is 27.2 Å². The van der Waals surface area contributed by atoms with Gasteiger partial charge < -0.3 is 9.32 Å². The van der Waals surface area contributed by atoms with E-state index in [4.69, 9.17) is 27.6 Å². The minimum atomic E-state index is -0.0352. The van der Waals surface area contributed by atoms with Crippen LogP contribution in [-0.4, -0.2) is 33.8 Å². The molecule has 0 aliphatic heterocycles. The lowest BCUT2D eigenvalue weighted by Crippen LogP contribution is -2.27. The normalized spacial score (nSPS) is 10.8. The SMILES string of the molecule is CN(Cc1ccc(Cl)s1)C(=O)CSc1nnc(-c2ccccc2Cl)o1. The molecule has 0 fully saturated rings. The van der Waals surface area contributed by atoms with E-state index in [1.807, 2.05) is 24.3 Å². The zero-order valence-corrected chi connectivity index (χ0v) is 16.3. The van der Waals surface area contributed by atoms with Crippen LogP contribution in [0.2, 0.25) is 9.36 Å². The molecule has 25 heavy (non-hydrogen) atoms. The molecule has 0 atom stereocenters. The van der Waals surface area contributed by atoms with Gasteiger partial charge in [-0.25, -0.2) is 0 Å². The quantitative estimate of drug-likeness (QED) is 0.540. The van der Waals surface area contributed by atoms with E-state index >= 15 is 0 Å². The van der Waals surface area contributed by atoms with Crippen molar-refractivity contribution < 1.29 is 9.21 Å². The Morgan fingerprint density at radius 2 is 2.04 bits per heavy atom.